The highest BCUT2D eigenvalue weighted by Gasteiger charge is 2.16. The number of rotatable bonds is 5. The zero-order valence-electron chi connectivity index (χ0n) is 12.1. The summed E-state index contributed by atoms with van der Waals surface area (Å²) in [7, 11) is 0. The van der Waals surface area contributed by atoms with Crippen molar-refractivity contribution in [2.45, 2.75) is 6.92 Å². The first-order chi connectivity index (χ1) is 10.9. The predicted octanol–water partition coefficient (Wildman–Crippen LogP) is 3.00. The van der Waals surface area contributed by atoms with Gasteiger partial charge in [0.05, 0.1) is 16.2 Å². The van der Waals surface area contributed by atoms with Gasteiger partial charge in [-0.2, -0.15) is 0 Å². The van der Waals surface area contributed by atoms with Crippen LogP contribution in [0.15, 0.2) is 42.5 Å². The number of aromatic carboxylic acids is 1. The predicted molar refractivity (Wildman–Crippen MR) is 84.1 cm³/mol. The van der Waals surface area contributed by atoms with Crippen LogP contribution in [0.25, 0.3) is 0 Å². The summed E-state index contributed by atoms with van der Waals surface area (Å²) in [5.41, 5.74) is 0.912. The molecule has 0 atom stereocenters. The Morgan fingerprint density at radius 1 is 1.09 bits per heavy atom. The lowest BCUT2D eigenvalue weighted by atomic mass is 10.1. The summed E-state index contributed by atoms with van der Waals surface area (Å²) in [5, 5.41) is 25.4. The van der Waals surface area contributed by atoms with Gasteiger partial charge in [0.2, 0.25) is 5.91 Å². The SMILES string of the molecule is CC(=O)Nc1ccc(Nc2ccc([N+](=O)[O-])cc2C(=O)O)cc1. The molecule has 0 aliphatic carbocycles. The zero-order valence-corrected chi connectivity index (χ0v) is 12.1. The van der Waals surface area contributed by atoms with Crippen LogP contribution < -0.4 is 10.6 Å². The van der Waals surface area contributed by atoms with Crippen LogP contribution >= 0.6 is 0 Å². The van der Waals surface area contributed by atoms with Crippen molar-refractivity contribution in [1.29, 1.82) is 0 Å². The van der Waals surface area contributed by atoms with E-state index in [1.807, 2.05) is 0 Å². The molecule has 0 heterocycles. The van der Waals surface area contributed by atoms with Crippen molar-refractivity contribution in [3.63, 3.8) is 0 Å². The number of nitro groups is 1. The van der Waals surface area contributed by atoms with Crippen molar-refractivity contribution in [3.8, 4) is 0 Å². The highest BCUT2D eigenvalue weighted by Crippen LogP contribution is 2.26. The number of nitrogens with one attached hydrogen (secondary N) is 2. The second kappa shape index (κ2) is 6.56. The first-order valence-corrected chi connectivity index (χ1v) is 6.53. The first kappa shape index (κ1) is 16.0. The van der Waals surface area contributed by atoms with Gasteiger partial charge in [0.15, 0.2) is 0 Å². The molecule has 0 saturated heterocycles. The smallest absolute Gasteiger partial charge is 0.338 e. The molecule has 0 unspecified atom stereocenters. The number of carboxylic acids is 1. The Morgan fingerprint density at radius 2 is 1.70 bits per heavy atom. The standard InChI is InChI=1S/C15H13N3O5/c1-9(19)16-10-2-4-11(5-3-10)17-14-7-6-12(18(22)23)8-13(14)15(20)21/h2-8,17H,1H3,(H,16,19)(H,20,21). The van der Waals surface area contributed by atoms with E-state index in [0.717, 1.165) is 6.07 Å². The van der Waals surface area contributed by atoms with Gasteiger partial charge in [-0.05, 0) is 30.3 Å². The fourth-order valence-corrected chi connectivity index (χ4v) is 1.93. The molecule has 0 fully saturated rings. The summed E-state index contributed by atoms with van der Waals surface area (Å²) < 4.78 is 0. The van der Waals surface area contributed by atoms with Crippen molar-refractivity contribution in [2.75, 3.05) is 10.6 Å². The van der Waals surface area contributed by atoms with Crippen LogP contribution in [0.2, 0.25) is 0 Å². The lowest BCUT2D eigenvalue weighted by Gasteiger charge is -2.10. The molecule has 1 amide bonds. The van der Waals surface area contributed by atoms with Gasteiger partial charge >= 0.3 is 5.97 Å². The largest absolute Gasteiger partial charge is 0.478 e. The second-order valence-electron chi connectivity index (χ2n) is 4.68. The number of hydrogen-bond donors (Lipinski definition) is 3. The van der Waals surface area contributed by atoms with Gasteiger partial charge in [-0.1, -0.05) is 0 Å². The molecule has 3 N–H and O–H groups in total. The van der Waals surface area contributed by atoms with Crippen molar-refractivity contribution in [3.05, 3.63) is 58.1 Å². The minimum Gasteiger partial charge on any atom is -0.478 e. The van der Waals surface area contributed by atoms with E-state index in [0.29, 0.717) is 11.4 Å². The average molecular weight is 315 g/mol. The number of amides is 1. The summed E-state index contributed by atoms with van der Waals surface area (Å²) >= 11 is 0. The summed E-state index contributed by atoms with van der Waals surface area (Å²) in [5.74, 6) is -1.47. The zero-order chi connectivity index (χ0) is 17.0. The highest BCUT2D eigenvalue weighted by molar-refractivity contribution is 5.96. The third kappa shape index (κ3) is 4.03. The highest BCUT2D eigenvalue weighted by atomic mass is 16.6. The molecule has 8 nitrogen and oxygen atoms in total. The molecule has 0 saturated carbocycles. The van der Waals surface area contributed by atoms with Crippen molar-refractivity contribution >= 4 is 34.6 Å². The molecule has 0 aliphatic rings. The monoisotopic (exact) mass is 315 g/mol. The Labute approximate surface area is 130 Å². The number of anilines is 3. The Hall–Kier alpha value is -3.42. The van der Waals surface area contributed by atoms with Gasteiger partial charge in [0, 0.05) is 30.4 Å². The number of hydrogen-bond acceptors (Lipinski definition) is 5. The van der Waals surface area contributed by atoms with Crippen molar-refractivity contribution in [1.82, 2.24) is 0 Å². The maximum absolute atomic E-state index is 11.3. The number of non-ortho nitro benzene ring substituents is 1. The topological polar surface area (TPSA) is 122 Å². The average Bonchev–Trinajstić information content (AvgIpc) is 2.48. The third-order valence-electron chi connectivity index (χ3n) is 2.93. The number of carbonyl (C=O) groups excluding carboxylic acids is 1. The molecule has 0 aromatic heterocycles. The van der Waals surface area contributed by atoms with Crippen molar-refractivity contribution in [2.24, 2.45) is 0 Å². The van der Waals surface area contributed by atoms with E-state index in [4.69, 9.17) is 0 Å². The molecule has 0 aliphatic heterocycles. The van der Waals surface area contributed by atoms with Crippen LogP contribution in [0, 0.1) is 10.1 Å². The summed E-state index contributed by atoms with van der Waals surface area (Å²) in [4.78, 5) is 32.3. The quantitative estimate of drug-likeness (QED) is 0.576. The number of carboxylic acid groups (broad SMARTS) is 1. The lowest BCUT2D eigenvalue weighted by Crippen LogP contribution is -2.06. The third-order valence-corrected chi connectivity index (χ3v) is 2.93. The molecule has 2 rings (SSSR count). The fourth-order valence-electron chi connectivity index (χ4n) is 1.93. The van der Waals surface area contributed by atoms with Crippen LogP contribution in [-0.4, -0.2) is 21.9 Å². The minimum absolute atomic E-state index is 0.200. The van der Waals surface area contributed by atoms with Gasteiger partial charge in [0.1, 0.15) is 0 Å². The maximum atomic E-state index is 11.3. The lowest BCUT2D eigenvalue weighted by molar-refractivity contribution is -0.384. The number of nitrogens with zero attached hydrogens (tertiary/aromatic N) is 1. The number of carbonyl (C=O) groups is 2. The van der Waals surface area contributed by atoms with E-state index >= 15 is 0 Å². The van der Waals surface area contributed by atoms with E-state index in [9.17, 15) is 24.8 Å². The first-order valence-electron chi connectivity index (χ1n) is 6.53. The van der Waals surface area contributed by atoms with E-state index in [2.05, 4.69) is 10.6 Å². The minimum atomic E-state index is -1.27. The summed E-state index contributed by atoms with van der Waals surface area (Å²) in [6, 6.07) is 10.2. The molecular formula is C15H13N3O5. The second-order valence-corrected chi connectivity index (χ2v) is 4.68. The Balaban J connectivity index is 2.27. The molecule has 8 heteroatoms. The Morgan fingerprint density at radius 3 is 2.22 bits per heavy atom. The molecule has 2 aromatic rings. The normalized spacial score (nSPS) is 9.96. The Kier molecular flexibility index (Phi) is 4.55. The summed E-state index contributed by atoms with van der Waals surface area (Å²) in [6.45, 7) is 1.39. The molecule has 118 valence electrons. The van der Waals surface area contributed by atoms with E-state index < -0.39 is 10.9 Å². The van der Waals surface area contributed by atoms with Crippen LogP contribution in [-0.2, 0) is 4.79 Å². The molecule has 0 bridgehead atoms. The molecule has 2 aromatic carbocycles. The van der Waals surface area contributed by atoms with E-state index in [-0.39, 0.29) is 22.8 Å². The van der Waals surface area contributed by atoms with Gasteiger partial charge in [-0.15, -0.1) is 0 Å². The maximum Gasteiger partial charge on any atom is 0.338 e. The van der Waals surface area contributed by atoms with Crippen LogP contribution in [0.1, 0.15) is 17.3 Å². The van der Waals surface area contributed by atoms with E-state index in [1.165, 1.54) is 19.1 Å². The van der Waals surface area contributed by atoms with Crippen LogP contribution in [0.5, 0.6) is 0 Å². The number of benzene rings is 2. The molecule has 23 heavy (non-hydrogen) atoms. The van der Waals surface area contributed by atoms with Crippen LogP contribution in [0.4, 0.5) is 22.7 Å². The van der Waals surface area contributed by atoms with Gasteiger partial charge < -0.3 is 15.7 Å². The molecule has 0 spiro atoms. The van der Waals surface area contributed by atoms with Gasteiger partial charge in [-0.25, -0.2) is 4.79 Å². The Bertz CT molecular complexity index is 771. The number of nitro benzene ring substituents is 1. The summed E-state index contributed by atoms with van der Waals surface area (Å²) in [6.07, 6.45) is 0. The van der Waals surface area contributed by atoms with Crippen molar-refractivity contribution < 1.29 is 19.6 Å². The van der Waals surface area contributed by atoms with Gasteiger partial charge in [0.25, 0.3) is 5.69 Å². The molecular weight excluding hydrogens is 302 g/mol. The molecule has 0 radical (unpaired) electrons. The van der Waals surface area contributed by atoms with E-state index in [1.54, 1.807) is 24.3 Å². The van der Waals surface area contributed by atoms with Gasteiger partial charge in [-0.3, -0.25) is 14.9 Å². The van der Waals surface area contributed by atoms with Crippen LogP contribution in [0.3, 0.4) is 0 Å². The fraction of sp³-hybridized carbons (Fsp3) is 0.0667.